The van der Waals surface area contributed by atoms with Crippen molar-refractivity contribution >= 4 is 11.6 Å². The number of hydrogen-bond acceptors (Lipinski definition) is 3. The lowest BCUT2D eigenvalue weighted by Crippen LogP contribution is -2.30. The van der Waals surface area contributed by atoms with Gasteiger partial charge in [0, 0.05) is 18.2 Å². The molecule has 4 nitrogen and oxygen atoms in total. The van der Waals surface area contributed by atoms with Gasteiger partial charge >= 0.3 is 0 Å². The second kappa shape index (κ2) is 6.40. The summed E-state index contributed by atoms with van der Waals surface area (Å²) in [6, 6.07) is 3.46. The molecule has 1 rings (SSSR count). The Morgan fingerprint density at radius 1 is 1.33 bits per heavy atom. The molecule has 0 fully saturated rings. The molecule has 0 bridgehead atoms. The van der Waals surface area contributed by atoms with Crippen LogP contribution in [0.15, 0.2) is 12.1 Å². The number of hydrogen-bond donors (Lipinski definition) is 3. The van der Waals surface area contributed by atoms with Gasteiger partial charge in [-0.15, -0.1) is 0 Å². The zero-order valence-electron chi connectivity index (χ0n) is 11.5. The van der Waals surface area contributed by atoms with Crippen molar-refractivity contribution in [1.29, 1.82) is 0 Å². The highest BCUT2D eigenvalue weighted by Crippen LogP contribution is 2.25. The topological polar surface area (TPSA) is 61.4 Å². The molecule has 18 heavy (non-hydrogen) atoms. The normalized spacial score (nSPS) is 12.2. The van der Waals surface area contributed by atoms with E-state index in [4.69, 9.17) is 0 Å². The summed E-state index contributed by atoms with van der Waals surface area (Å²) < 4.78 is 0. The van der Waals surface area contributed by atoms with Crippen LogP contribution in [-0.4, -0.2) is 24.1 Å². The number of anilines is 1. The van der Waals surface area contributed by atoms with E-state index >= 15 is 0 Å². The molecule has 3 N–H and O–H groups in total. The number of carbonyl (C=O) groups excluding carboxylic acids is 1. The van der Waals surface area contributed by atoms with E-state index in [1.165, 1.54) is 0 Å². The van der Waals surface area contributed by atoms with Gasteiger partial charge in [0.25, 0.3) is 0 Å². The Kier molecular flexibility index (Phi) is 5.16. The van der Waals surface area contributed by atoms with Crippen LogP contribution >= 0.6 is 0 Å². The lowest BCUT2D eigenvalue weighted by molar-refractivity contribution is -0.119. The molecule has 0 aliphatic carbocycles. The van der Waals surface area contributed by atoms with Crippen molar-refractivity contribution in [2.24, 2.45) is 5.92 Å². The van der Waals surface area contributed by atoms with Crippen molar-refractivity contribution in [2.45, 2.75) is 27.7 Å². The van der Waals surface area contributed by atoms with Crippen LogP contribution in [0.1, 0.15) is 25.0 Å². The molecule has 1 unspecified atom stereocenters. The lowest BCUT2D eigenvalue weighted by atomic mass is 10.1. The number of aryl methyl sites for hydroxylation is 2. The van der Waals surface area contributed by atoms with E-state index in [2.05, 4.69) is 10.6 Å². The fourth-order valence-electron chi connectivity index (χ4n) is 1.65. The van der Waals surface area contributed by atoms with Crippen molar-refractivity contribution in [3.8, 4) is 5.75 Å². The molecule has 0 aliphatic heterocycles. The number of benzene rings is 1. The summed E-state index contributed by atoms with van der Waals surface area (Å²) in [5, 5.41) is 15.6. The van der Waals surface area contributed by atoms with Crippen LogP contribution in [-0.2, 0) is 4.79 Å². The first-order valence-electron chi connectivity index (χ1n) is 6.27. The van der Waals surface area contributed by atoms with Gasteiger partial charge in [-0.05, 0) is 43.7 Å². The molecule has 0 aliphatic rings. The standard InChI is InChI=1S/C14H22N2O2/c1-5-15-8-11(4)14(18)16-12-6-10(3)13(17)7-9(12)2/h6-7,11,15,17H,5,8H2,1-4H3,(H,16,18). The van der Waals surface area contributed by atoms with E-state index in [0.29, 0.717) is 6.54 Å². The predicted octanol–water partition coefficient (Wildman–Crippen LogP) is 2.19. The first-order chi connectivity index (χ1) is 8.45. The van der Waals surface area contributed by atoms with Crippen molar-refractivity contribution in [1.82, 2.24) is 5.32 Å². The Labute approximate surface area is 108 Å². The first kappa shape index (κ1) is 14.5. The Morgan fingerprint density at radius 3 is 2.61 bits per heavy atom. The molecule has 0 saturated heterocycles. The number of nitrogens with one attached hydrogen (secondary N) is 2. The van der Waals surface area contributed by atoms with Crippen molar-refractivity contribution in [2.75, 3.05) is 18.4 Å². The zero-order valence-corrected chi connectivity index (χ0v) is 11.5. The van der Waals surface area contributed by atoms with Crippen LogP contribution in [0, 0.1) is 19.8 Å². The molecule has 4 heteroatoms. The lowest BCUT2D eigenvalue weighted by Gasteiger charge is -2.15. The minimum Gasteiger partial charge on any atom is -0.508 e. The number of amides is 1. The van der Waals surface area contributed by atoms with Crippen molar-refractivity contribution in [3.05, 3.63) is 23.3 Å². The summed E-state index contributed by atoms with van der Waals surface area (Å²) in [7, 11) is 0. The summed E-state index contributed by atoms with van der Waals surface area (Å²) in [5.41, 5.74) is 2.39. The Hall–Kier alpha value is -1.55. The van der Waals surface area contributed by atoms with E-state index < -0.39 is 0 Å². The molecule has 1 amide bonds. The van der Waals surface area contributed by atoms with Crippen LogP contribution in [0.2, 0.25) is 0 Å². The quantitative estimate of drug-likeness (QED) is 0.702. The van der Waals surface area contributed by atoms with Crippen LogP contribution in [0.3, 0.4) is 0 Å². The molecule has 0 spiro atoms. The summed E-state index contributed by atoms with van der Waals surface area (Å²) in [4.78, 5) is 12.0. The van der Waals surface area contributed by atoms with Gasteiger partial charge in [0.1, 0.15) is 5.75 Å². The fraction of sp³-hybridized carbons (Fsp3) is 0.500. The van der Waals surface area contributed by atoms with Gasteiger partial charge in [-0.25, -0.2) is 0 Å². The number of carbonyl (C=O) groups is 1. The number of phenolic OH excluding ortho intramolecular Hbond substituents is 1. The van der Waals surface area contributed by atoms with Crippen LogP contribution in [0.4, 0.5) is 5.69 Å². The van der Waals surface area contributed by atoms with Gasteiger partial charge in [-0.2, -0.15) is 0 Å². The summed E-state index contributed by atoms with van der Waals surface area (Å²) in [6.45, 7) is 9.10. The second-order valence-corrected chi connectivity index (χ2v) is 4.65. The second-order valence-electron chi connectivity index (χ2n) is 4.65. The van der Waals surface area contributed by atoms with Gasteiger partial charge in [-0.1, -0.05) is 13.8 Å². The number of aromatic hydroxyl groups is 1. The van der Waals surface area contributed by atoms with Crippen molar-refractivity contribution < 1.29 is 9.90 Å². The molecule has 0 aromatic heterocycles. The minimum atomic E-state index is -0.0848. The van der Waals surface area contributed by atoms with E-state index in [0.717, 1.165) is 23.4 Å². The van der Waals surface area contributed by atoms with Gasteiger partial charge in [0.2, 0.25) is 5.91 Å². The SMILES string of the molecule is CCNCC(C)C(=O)Nc1cc(C)c(O)cc1C. The molecule has 100 valence electrons. The molecular formula is C14H22N2O2. The Morgan fingerprint density at radius 2 is 2.00 bits per heavy atom. The molecule has 0 saturated carbocycles. The third kappa shape index (κ3) is 3.74. The van der Waals surface area contributed by atoms with Crippen LogP contribution < -0.4 is 10.6 Å². The summed E-state index contributed by atoms with van der Waals surface area (Å²) >= 11 is 0. The molecule has 1 atom stereocenters. The molecule has 1 aromatic carbocycles. The molecule has 0 heterocycles. The van der Waals surface area contributed by atoms with E-state index in [1.54, 1.807) is 12.1 Å². The fourth-order valence-corrected chi connectivity index (χ4v) is 1.65. The Bertz CT molecular complexity index is 430. The minimum absolute atomic E-state index is 0.0101. The highest BCUT2D eigenvalue weighted by Gasteiger charge is 2.14. The van der Waals surface area contributed by atoms with E-state index in [9.17, 15) is 9.90 Å². The Balaban J connectivity index is 2.72. The third-order valence-corrected chi connectivity index (χ3v) is 2.95. The maximum absolute atomic E-state index is 12.0. The van der Waals surface area contributed by atoms with Crippen LogP contribution in [0.5, 0.6) is 5.75 Å². The predicted molar refractivity (Wildman–Crippen MR) is 73.9 cm³/mol. The maximum Gasteiger partial charge on any atom is 0.228 e. The van der Waals surface area contributed by atoms with Crippen LogP contribution in [0.25, 0.3) is 0 Å². The third-order valence-electron chi connectivity index (χ3n) is 2.95. The highest BCUT2D eigenvalue weighted by molar-refractivity contribution is 5.93. The highest BCUT2D eigenvalue weighted by atomic mass is 16.3. The maximum atomic E-state index is 12.0. The van der Waals surface area contributed by atoms with Gasteiger partial charge in [0.15, 0.2) is 0 Å². The number of rotatable bonds is 5. The summed E-state index contributed by atoms with van der Waals surface area (Å²) in [5.74, 6) is 0.161. The zero-order chi connectivity index (χ0) is 13.7. The average molecular weight is 250 g/mol. The van der Waals surface area contributed by atoms with Gasteiger partial charge < -0.3 is 15.7 Å². The van der Waals surface area contributed by atoms with Crippen molar-refractivity contribution in [3.63, 3.8) is 0 Å². The van der Waals surface area contributed by atoms with Gasteiger partial charge in [-0.3, -0.25) is 4.79 Å². The molecular weight excluding hydrogens is 228 g/mol. The monoisotopic (exact) mass is 250 g/mol. The molecule has 1 aromatic rings. The number of phenols is 1. The average Bonchev–Trinajstić information content (AvgIpc) is 2.32. The van der Waals surface area contributed by atoms with E-state index in [-0.39, 0.29) is 17.6 Å². The first-order valence-corrected chi connectivity index (χ1v) is 6.27. The van der Waals surface area contributed by atoms with Gasteiger partial charge in [0.05, 0.1) is 0 Å². The summed E-state index contributed by atoms with van der Waals surface area (Å²) in [6.07, 6.45) is 0. The van der Waals surface area contributed by atoms with E-state index in [1.807, 2.05) is 27.7 Å². The molecule has 0 radical (unpaired) electrons. The largest absolute Gasteiger partial charge is 0.508 e. The smallest absolute Gasteiger partial charge is 0.228 e.